The molecule has 2 saturated heterocycles. The molecule has 3 rings (SSSR count). The number of amides is 2. The number of likely N-dealkylation sites (tertiary alicyclic amines) is 1. The lowest BCUT2D eigenvalue weighted by atomic mass is 9.96. The fraction of sp³-hybridized carbons (Fsp3) is 0.722. The van der Waals surface area contributed by atoms with E-state index in [1.54, 1.807) is 10.9 Å². The smallest absolute Gasteiger partial charge is 0.225 e. The molecule has 1 unspecified atom stereocenters. The molecule has 8 nitrogen and oxygen atoms in total. The lowest BCUT2D eigenvalue weighted by Gasteiger charge is -2.33. The third-order valence-corrected chi connectivity index (χ3v) is 5.10. The van der Waals surface area contributed by atoms with Crippen molar-refractivity contribution in [3.05, 3.63) is 18.0 Å². The van der Waals surface area contributed by atoms with Crippen molar-refractivity contribution in [1.29, 1.82) is 0 Å². The molecule has 0 aromatic carbocycles. The second kappa shape index (κ2) is 9.14. The molecule has 0 aliphatic carbocycles. The number of hydrogen-bond donors (Lipinski definition) is 1. The molecular formula is C18H29N5O3. The number of carbonyl (C=O) groups excluding carboxylic acids is 2. The van der Waals surface area contributed by atoms with Gasteiger partial charge in [0.25, 0.3) is 0 Å². The zero-order chi connectivity index (χ0) is 18.4. The van der Waals surface area contributed by atoms with Gasteiger partial charge < -0.3 is 15.0 Å². The molecule has 144 valence electrons. The number of nitrogens with one attached hydrogen (secondary N) is 1. The van der Waals surface area contributed by atoms with Crippen LogP contribution in [0.1, 0.15) is 24.8 Å². The number of aromatic nitrogens is 2. The molecule has 1 aromatic heterocycles. The Labute approximate surface area is 154 Å². The van der Waals surface area contributed by atoms with Crippen LogP contribution in [0.15, 0.2) is 12.4 Å². The molecule has 8 heteroatoms. The first-order chi connectivity index (χ1) is 12.6. The highest BCUT2D eigenvalue weighted by Gasteiger charge is 2.29. The average Bonchev–Trinajstić information content (AvgIpc) is 3.07. The van der Waals surface area contributed by atoms with Crippen LogP contribution < -0.4 is 5.32 Å². The van der Waals surface area contributed by atoms with Crippen molar-refractivity contribution in [2.75, 3.05) is 45.9 Å². The molecule has 1 atom stereocenters. The minimum atomic E-state index is -0.118. The molecule has 1 aromatic rings. The quantitative estimate of drug-likeness (QED) is 0.738. The Bertz CT molecular complexity index is 612. The predicted octanol–water partition coefficient (Wildman–Crippen LogP) is -0.00280. The van der Waals surface area contributed by atoms with Gasteiger partial charge >= 0.3 is 0 Å². The minimum absolute atomic E-state index is 0.0273. The molecule has 2 fully saturated rings. The molecule has 1 N–H and O–H groups in total. The van der Waals surface area contributed by atoms with Gasteiger partial charge in [-0.25, -0.2) is 0 Å². The first-order valence-electron chi connectivity index (χ1n) is 9.45. The minimum Gasteiger partial charge on any atom is -0.379 e. The summed E-state index contributed by atoms with van der Waals surface area (Å²) < 4.78 is 7.07. The van der Waals surface area contributed by atoms with Crippen LogP contribution in [0, 0.1) is 5.92 Å². The highest BCUT2D eigenvalue weighted by atomic mass is 16.5. The first-order valence-corrected chi connectivity index (χ1v) is 9.45. The second-order valence-electron chi connectivity index (χ2n) is 7.12. The maximum Gasteiger partial charge on any atom is 0.225 e. The van der Waals surface area contributed by atoms with Crippen molar-refractivity contribution >= 4 is 11.8 Å². The fourth-order valence-electron chi connectivity index (χ4n) is 3.55. The van der Waals surface area contributed by atoms with Crippen LogP contribution >= 0.6 is 0 Å². The number of carbonyl (C=O) groups is 2. The van der Waals surface area contributed by atoms with Crippen LogP contribution in [0.5, 0.6) is 0 Å². The van der Waals surface area contributed by atoms with Crippen LogP contribution in [0.2, 0.25) is 0 Å². The Morgan fingerprint density at radius 2 is 2.15 bits per heavy atom. The van der Waals surface area contributed by atoms with Gasteiger partial charge in [-0.1, -0.05) is 0 Å². The molecule has 26 heavy (non-hydrogen) atoms. The zero-order valence-corrected chi connectivity index (χ0v) is 15.5. The van der Waals surface area contributed by atoms with Crippen molar-refractivity contribution in [2.45, 2.75) is 25.8 Å². The molecule has 0 spiro atoms. The third kappa shape index (κ3) is 5.28. The number of ether oxygens (including phenoxy) is 1. The van der Waals surface area contributed by atoms with Crippen LogP contribution in [-0.4, -0.2) is 77.3 Å². The Balaban J connectivity index is 1.41. The highest BCUT2D eigenvalue weighted by molar-refractivity contribution is 5.83. The Morgan fingerprint density at radius 3 is 2.88 bits per heavy atom. The van der Waals surface area contributed by atoms with Crippen molar-refractivity contribution < 1.29 is 14.3 Å². The summed E-state index contributed by atoms with van der Waals surface area (Å²) in [6.07, 6.45) is 5.68. The van der Waals surface area contributed by atoms with Gasteiger partial charge in [-0.3, -0.25) is 19.2 Å². The van der Waals surface area contributed by atoms with Crippen LogP contribution in [0.25, 0.3) is 0 Å². The van der Waals surface area contributed by atoms with E-state index in [0.717, 1.165) is 51.4 Å². The Kier molecular flexibility index (Phi) is 6.62. The summed E-state index contributed by atoms with van der Waals surface area (Å²) in [5, 5.41) is 7.07. The molecule has 3 heterocycles. The summed E-state index contributed by atoms with van der Waals surface area (Å²) in [6.45, 7) is 6.23. The second-order valence-corrected chi connectivity index (χ2v) is 7.12. The van der Waals surface area contributed by atoms with Crippen molar-refractivity contribution in [3.63, 3.8) is 0 Å². The maximum absolute atomic E-state index is 12.5. The lowest BCUT2D eigenvalue weighted by Crippen LogP contribution is -2.46. The van der Waals surface area contributed by atoms with Gasteiger partial charge in [0.1, 0.15) is 0 Å². The summed E-state index contributed by atoms with van der Waals surface area (Å²) in [7, 11) is 1.85. The standard InChI is InChI=1S/C18H29N5O3/c1-21-13-15(12-20-21)11-19-18(25)16-3-4-17(24)23(14-16)6-2-5-22-7-9-26-10-8-22/h12-13,16H,2-11,14H2,1H3,(H,19,25). The van der Waals surface area contributed by atoms with E-state index in [4.69, 9.17) is 4.74 Å². The number of hydrogen-bond acceptors (Lipinski definition) is 5. The monoisotopic (exact) mass is 363 g/mol. The van der Waals surface area contributed by atoms with Gasteiger partial charge in [-0.05, 0) is 12.8 Å². The van der Waals surface area contributed by atoms with E-state index in [0.29, 0.717) is 25.9 Å². The first kappa shape index (κ1) is 18.8. The number of nitrogens with zero attached hydrogens (tertiary/aromatic N) is 4. The van der Waals surface area contributed by atoms with E-state index >= 15 is 0 Å². The Hall–Kier alpha value is -1.93. The third-order valence-electron chi connectivity index (χ3n) is 5.10. The largest absolute Gasteiger partial charge is 0.379 e. The van der Waals surface area contributed by atoms with Crippen molar-refractivity contribution in [1.82, 2.24) is 24.9 Å². The van der Waals surface area contributed by atoms with E-state index in [9.17, 15) is 9.59 Å². The fourth-order valence-corrected chi connectivity index (χ4v) is 3.55. The normalized spacial score (nSPS) is 21.8. The number of piperidine rings is 1. The molecule has 0 saturated carbocycles. The van der Waals surface area contributed by atoms with Crippen molar-refractivity contribution in [2.24, 2.45) is 13.0 Å². The molecule has 2 aliphatic heterocycles. The summed E-state index contributed by atoms with van der Waals surface area (Å²) >= 11 is 0. The van der Waals surface area contributed by atoms with Crippen LogP contribution in [0.3, 0.4) is 0 Å². The van der Waals surface area contributed by atoms with E-state index in [1.165, 1.54) is 0 Å². The van der Waals surface area contributed by atoms with E-state index < -0.39 is 0 Å². The van der Waals surface area contributed by atoms with Gasteiger partial charge in [0, 0.05) is 64.5 Å². The van der Waals surface area contributed by atoms with Crippen LogP contribution in [-0.2, 0) is 27.9 Å². The number of morpholine rings is 1. The molecule has 2 amide bonds. The SMILES string of the molecule is Cn1cc(CNC(=O)C2CCC(=O)N(CCCN3CCOCC3)C2)cn1. The topological polar surface area (TPSA) is 79.7 Å². The summed E-state index contributed by atoms with van der Waals surface area (Å²) in [5.41, 5.74) is 0.982. The number of aryl methyl sites for hydroxylation is 1. The van der Waals surface area contributed by atoms with E-state index in [-0.39, 0.29) is 17.7 Å². The zero-order valence-electron chi connectivity index (χ0n) is 15.5. The lowest BCUT2D eigenvalue weighted by molar-refractivity contribution is -0.138. The molecule has 0 bridgehead atoms. The summed E-state index contributed by atoms with van der Waals surface area (Å²) in [6, 6.07) is 0. The number of rotatable bonds is 7. The highest BCUT2D eigenvalue weighted by Crippen LogP contribution is 2.18. The maximum atomic E-state index is 12.5. The van der Waals surface area contributed by atoms with Gasteiger partial charge in [-0.2, -0.15) is 5.10 Å². The van der Waals surface area contributed by atoms with Gasteiger partial charge in [0.2, 0.25) is 11.8 Å². The van der Waals surface area contributed by atoms with Crippen LogP contribution in [0.4, 0.5) is 0 Å². The summed E-state index contributed by atoms with van der Waals surface area (Å²) in [5.74, 6) is 0.0792. The molecular weight excluding hydrogens is 334 g/mol. The van der Waals surface area contributed by atoms with Crippen molar-refractivity contribution in [3.8, 4) is 0 Å². The van der Waals surface area contributed by atoms with Gasteiger partial charge in [-0.15, -0.1) is 0 Å². The summed E-state index contributed by atoms with van der Waals surface area (Å²) in [4.78, 5) is 28.9. The van der Waals surface area contributed by atoms with Gasteiger partial charge in [0.05, 0.1) is 25.3 Å². The predicted molar refractivity (Wildman–Crippen MR) is 96.2 cm³/mol. The Morgan fingerprint density at radius 1 is 1.35 bits per heavy atom. The molecule has 2 aliphatic rings. The van der Waals surface area contributed by atoms with E-state index in [2.05, 4.69) is 15.3 Å². The van der Waals surface area contributed by atoms with Gasteiger partial charge in [0.15, 0.2) is 0 Å². The van der Waals surface area contributed by atoms with E-state index in [1.807, 2.05) is 18.1 Å². The molecule has 0 radical (unpaired) electrons. The average molecular weight is 363 g/mol.